The van der Waals surface area contributed by atoms with Gasteiger partial charge in [0, 0.05) is 5.56 Å². The van der Waals surface area contributed by atoms with E-state index < -0.39 is 16.6 Å². The summed E-state index contributed by atoms with van der Waals surface area (Å²) in [5.41, 5.74) is 0.536. The van der Waals surface area contributed by atoms with Gasteiger partial charge in [-0.1, -0.05) is 0 Å². The van der Waals surface area contributed by atoms with Crippen molar-refractivity contribution in [3.63, 3.8) is 0 Å². The highest BCUT2D eigenvalue weighted by atomic mass is 32.2. The van der Waals surface area contributed by atoms with Crippen molar-refractivity contribution in [1.29, 1.82) is 0 Å². The molecule has 0 atom stereocenters. The molecule has 0 aliphatic heterocycles. The molecule has 6 nitrogen and oxygen atoms in total. The van der Waals surface area contributed by atoms with Gasteiger partial charge in [-0.15, -0.1) is 0 Å². The third-order valence-corrected chi connectivity index (χ3v) is 2.39. The topological polar surface area (TPSA) is 99.5 Å². The third-order valence-electron chi connectivity index (χ3n) is 1.79. The number of aromatic hydroxyl groups is 1. The normalized spacial score (nSPS) is 11.4. The molecule has 15 heavy (non-hydrogen) atoms. The number of nitrogens with one attached hydrogen (secondary N) is 1. The maximum atomic E-state index is 11.0. The van der Waals surface area contributed by atoms with Crippen molar-refractivity contribution in [2.24, 2.45) is 0 Å². The zero-order chi connectivity index (χ0) is 11.6. The van der Waals surface area contributed by atoms with Crippen LogP contribution in [-0.2, 0) is 16.6 Å². The summed E-state index contributed by atoms with van der Waals surface area (Å²) in [5, 5.41) is 18.5. The molecule has 0 aliphatic carbocycles. The first-order chi connectivity index (χ1) is 6.85. The predicted octanol–water partition coefficient (Wildman–Crippen LogP) is -0.0406. The molecular formula is C8H12N2O4S. The number of hydrogen-bond donors (Lipinski definition) is 3. The molecule has 0 spiro atoms. The van der Waals surface area contributed by atoms with E-state index in [1.54, 1.807) is 6.92 Å². The summed E-state index contributed by atoms with van der Waals surface area (Å²) in [5.74, 6) is -0.203. The second-order valence-corrected chi connectivity index (χ2v) is 4.87. The Bertz CT molecular complexity index is 470. The van der Waals surface area contributed by atoms with Crippen LogP contribution in [0.2, 0.25) is 0 Å². The number of aromatic nitrogens is 1. The van der Waals surface area contributed by atoms with Crippen LogP contribution in [0.5, 0.6) is 5.75 Å². The number of nitrogens with zero attached hydrogens (tertiary/aromatic N) is 1. The van der Waals surface area contributed by atoms with Gasteiger partial charge in [0.05, 0.1) is 30.4 Å². The molecule has 0 saturated carbocycles. The summed E-state index contributed by atoms with van der Waals surface area (Å²) in [6.45, 7) is 1.09. The lowest BCUT2D eigenvalue weighted by Crippen LogP contribution is -2.12. The molecule has 1 aromatic rings. The van der Waals surface area contributed by atoms with Crippen molar-refractivity contribution < 1.29 is 18.6 Å². The van der Waals surface area contributed by atoms with Gasteiger partial charge in [-0.3, -0.25) is 9.71 Å². The Morgan fingerprint density at radius 1 is 1.53 bits per heavy atom. The van der Waals surface area contributed by atoms with Gasteiger partial charge in [0.2, 0.25) is 10.0 Å². The number of sulfonamides is 1. The molecule has 0 unspecified atom stereocenters. The van der Waals surface area contributed by atoms with Crippen molar-refractivity contribution in [3.05, 3.63) is 17.5 Å². The Morgan fingerprint density at radius 2 is 2.13 bits per heavy atom. The van der Waals surface area contributed by atoms with Crippen LogP contribution in [0.3, 0.4) is 0 Å². The zero-order valence-corrected chi connectivity index (χ0v) is 9.17. The number of aliphatic hydroxyl groups is 1. The first kappa shape index (κ1) is 11.7. The van der Waals surface area contributed by atoms with E-state index in [9.17, 15) is 13.5 Å². The molecule has 0 radical (unpaired) electrons. The minimum absolute atomic E-state index is 0.0862. The molecule has 0 aromatic carbocycles. The largest absolute Gasteiger partial charge is 0.506 e. The Kier molecular flexibility index (Phi) is 3.15. The van der Waals surface area contributed by atoms with E-state index in [1.807, 2.05) is 0 Å². The molecule has 3 N–H and O–H groups in total. The molecule has 84 valence electrons. The average Bonchev–Trinajstić information content (AvgIpc) is 2.10. The minimum atomic E-state index is -3.45. The number of aliphatic hydroxyl groups excluding tert-OH is 1. The number of aryl methyl sites for hydroxylation is 1. The Labute approximate surface area is 87.6 Å². The zero-order valence-electron chi connectivity index (χ0n) is 8.35. The summed E-state index contributed by atoms with van der Waals surface area (Å²) >= 11 is 0. The fourth-order valence-electron chi connectivity index (χ4n) is 1.09. The minimum Gasteiger partial charge on any atom is -0.506 e. The quantitative estimate of drug-likeness (QED) is 0.679. The van der Waals surface area contributed by atoms with Crippen LogP contribution in [-0.4, -0.2) is 29.9 Å². The molecule has 0 aliphatic rings. The lowest BCUT2D eigenvalue weighted by Gasteiger charge is -2.11. The lowest BCUT2D eigenvalue weighted by atomic mass is 10.2. The first-order valence-corrected chi connectivity index (χ1v) is 6.00. The van der Waals surface area contributed by atoms with Gasteiger partial charge in [-0.25, -0.2) is 8.42 Å². The maximum Gasteiger partial charge on any atom is 0.229 e. The third kappa shape index (κ3) is 2.80. The standard InChI is InChI=1S/C8H12N2O4S/c1-5-8(12)6(4-11)7(3-9-5)10-15(2,13)14/h3,10-12H,4H2,1-2H3. The van der Waals surface area contributed by atoms with Gasteiger partial charge in [-0.2, -0.15) is 0 Å². The molecule has 7 heteroatoms. The molecule has 1 heterocycles. The summed E-state index contributed by atoms with van der Waals surface area (Å²) in [6.07, 6.45) is 2.23. The molecule has 1 aromatic heterocycles. The van der Waals surface area contributed by atoms with Gasteiger partial charge in [0.15, 0.2) is 0 Å². The molecule has 0 amide bonds. The average molecular weight is 232 g/mol. The summed E-state index contributed by atoms with van der Waals surface area (Å²) < 4.78 is 24.1. The van der Waals surface area contributed by atoms with Crippen molar-refractivity contribution >= 4 is 15.7 Å². The fraction of sp³-hybridized carbons (Fsp3) is 0.375. The van der Waals surface area contributed by atoms with Crippen LogP contribution in [0, 0.1) is 6.92 Å². The van der Waals surface area contributed by atoms with Crippen molar-refractivity contribution in [2.75, 3.05) is 11.0 Å². The van der Waals surface area contributed by atoms with Gasteiger partial charge >= 0.3 is 0 Å². The molecule has 1 rings (SSSR count). The van der Waals surface area contributed by atoms with E-state index in [4.69, 9.17) is 5.11 Å². The second-order valence-electron chi connectivity index (χ2n) is 3.12. The molecule has 0 bridgehead atoms. The first-order valence-electron chi connectivity index (χ1n) is 4.11. The highest BCUT2D eigenvalue weighted by molar-refractivity contribution is 7.92. The van der Waals surface area contributed by atoms with Crippen LogP contribution in [0.1, 0.15) is 11.3 Å². The van der Waals surface area contributed by atoms with E-state index in [-0.39, 0.29) is 17.0 Å². The lowest BCUT2D eigenvalue weighted by molar-refractivity contribution is 0.276. The molecular weight excluding hydrogens is 220 g/mol. The fourth-order valence-corrected chi connectivity index (χ4v) is 1.67. The Balaban J connectivity index is 3.25. The van der Waals surface area contributed by atoms with Crippen molar-refractivity contribution in [3.8, 4) is 5.75 Å². The summed E-state index contributed by atoms with van der Waals surface area (Å²) in [4.78, 5) is 3.78. The van der Waals surface area contributed by atoms with Gasteiger partial charge < -0.3 is 10.2 Å². The number of pyridine rings is 1. The van der Waals surface area contributed by atoms with Crippen molar-refractivity contribution in [1.82, 2.24) is 4.98 Å². The van der Waals surface area contributed by atoms with E-state index in [2.05, 4.69) is 9.71 Å². The Hall–Kier alpha value is -1.34. The SMILES string of the molecule is Cc1ncc(NS(C)(=O)=O)c(CO)c1O. The van der Waals surface area contributed by atoms with Crippen LogP contribution in [0.4, 0.5) is 5.69 Å². The van der Waals surface area contributed by atoms with E-state index >= 15 is 0 Å². The molecule has 0 fully saturated rings. The predicted molar refractivity (Wildman–Crippen MR) is 55.0 cm³/mol. The highest BCUT2D eigenvalue weighted by Gasteiger charge is 2.13. The van der Waals surface area contributed by atoms with Crippen LogP contribution < -0.4 is 4.72 Å². The molecule has 0 saturated heterocycles. The highest BCUT2D eigenvalue weighted by Crippen LogP contribution is 2.27. The van der Waals surface area contributed by atoms with Gasteiger partial charge in [-0.05, 0) is 6.92 Å². The number of rotatable bonds is 3. The number of hydrogen-bond acceptors (Lipinski definition) is 5. The second kappa shape index (κ2) is 4.03. The van der Waals surface area contributed by atoms with E-state index in [0.29, 0.717) is 5.69 Å². The van der Waals surface area contributed by atoms with Crippen LogP contribution >= 0.6 is 0 Å². The van der Waals surface area contributed by atoms with E-state index in [0.717, 1.165) is 6.26 Å². The van der Waals surface area contributed by atoms with Gasteiger partial charge in [0.25, 0.3) is 0 Å². The monoisotopic (exact) mass is 232 g/mol. The van der Waals surface area contributed by atoms with Crippen molar-refractivity contribution in [2.45, 2.75) is 13.5 Å². The van der Waals surface area contributed by atoms with E-state index in [1.165, 1.54) is 6.20 Å². The smallest absolute Gasteiger partial charge is 0.229 e. The maximum absolute atomic E-state index is 11.0. The van der Waals surface area contributed by atoms with Gasteiger partial charge in [0.1, 0.15) is 5.75 Å². The Morgan fingerprint density at radius 3 is 2.60 bits per heavy atom. The summed E-state index contributed by atoms with van der Waals surface area (Å²) in [7, 11) is -3.45. The number of anilines is 1. The van der Waals surface area contributed by atoms with Crippen LogP contribution in [0.15, 0.2) is 6.20 Å². The summed E-state index contributed by atoms with van der Waals surface area (Å²) in [6, 6.07) is 0. The van der Waals surface area contributed by atoms with Crippen LogP contribution in [0.25, 0.3) is 0 Å².